The van der Waals surface area contributed by atoms with E-state index in [1.165, 1.54) is 37.9 Å². The van der Waals surface area contributed by atoms with Crippen LogP contribution in [0.15, 0.2) is 78.9 Å². The summed E-state index contributed by atoms with van der Waals surface area (Å²) < 4.78 is 5.91. The van der Waals surface area contributed by atoms with E-state index in [-0.39, 0.29) is 5.91 Å². The molecule has 2 heterocycles. The summed E-state index contributed by atoms with van der Waals surface area (Å²) in [6.45, 7) is 3.85. The highest BCUT2D eigenvalue weighted by Crippen LogP contribution is 2.23. The van der Waals surface area contributed by atoms with Crippen LogP contribution in [0.3, 0.4) is 0 Å². The summed E-state index contributed by atoms with van der Waals surface area (Å²) in [6.07, 6.45) is 3.93. The number of anilines is 1. The van der Waals surface area contributed by atoms with Crippen molar-refractivity contribution in [1.82, 2.24) is 9.88 Å². The van der Waals surface area contributed by atoms with Crippen LogP contribution >= 0.6 is 0 Å². The number of carbonyl (C=O) groups is 1. The molecule has 5 nitrogen and oxygen atoms in total. The average molecular weight is 440 g/mol. The van der Waals surface area contributed by atoms with E-state index in [1.54, 1.807) is 0 Å². The van der Waals surface area contributed by atoms with Crippen LogP contribution in [-0.2, 0) is 13.2 Å². The molecule has 1 saturated heterocycles. The number of nitrogens with zero attached hydrogens (tertiary/aromatic N) is 1. The lowest BCUT2D eigenvalue weighted by Crippen LogP contribution is -2.29. The number of likely N-dealkylation sites (tertiary alicyclic amines) is 1. The van der Waals surface area contributed by atoms with Crippen molar-refractivity contribution < 1.29 is 9.53 Å². The van der Waals surface area contributed by atoms with E-state index in [1.807, 2.05) is 66.7 Å². The largest absolute Gasteiger partial charge is 0.489 e. The van der Waals surface area contributed by atoms with Crippen molar-refractivity contribution in [2.75, 3.05) is 18.4 Å². The molecule has 0 spiro atoms. The van der Waals surface area contributed by atoms with Gasteiger partial charge in [-0.25, -0.2) is 0 Å². The van der Waals surface area contributed by atoms with Gasteiger partial charge in [-0.3, -0.25) is 9.69 Å². The van der Waals surface area contributed by atoms with Gasteiger partial charge in [0.05, 0.1) is 0 Å². The zero-order valence-electron chi connectivity index (χ0n) is 18.7. The van der Waals surface area contributed by atoms with Crippen LogP contribution in [0.1, 0.15) is 40.9 Å². The fourth-order valence-electron chi connectivity index (χ4n) is 4.33. The van der Waals surface area contributed by atoms with Crippen LogP contribution in [0.2, 0.25) is 0 Å². The molecule has 0 bridgehead atoms. The van der Waals surface area contributed by atoms with E-state index < -0.39 is 0 Å². The van der Waals surface area contributed by atoms with E-state index in [2.05, 4.69) is 27.3 Å². The molecule has 0 radical (unpaired) electrons. The van der Waals surface area contributed by atoms with Gasteiger partial charge in [0, 0.05) is 23.1 Å². The molecule has 33 heavy (non-hydrogen) atoms. The summed E-state index contributed by atoms with van der Waals surface area (Å²) in [7, 11) is 0. The molecule has 5 rings (SSSR count). The van der Waals surface area contributed by atoms with Gasteiger partial charge >= 0.3 is 0 Å². The summed E-state index contributed by atoms with van der Waals surface area (Å²) in [5.74, 6) is 0.628. The molecular formula is C28H29N3O2. The molecule has 0 aliphatic carbocycles. The van der Waals surface area contributed by atoms with Gasteiger partial charge < -0.3 is 15.0 Å². The zero-order chi connectivity index (χ0) is 22.5. The lowest BCUT2D eigenvalue weighted by Gasteiger charge is -2.26. The third-order valence-corrected chi connectivity index (χ3v) is 6.15. The average Bonchev–Trinajstić information content (AvgIpc) is 3.29. The number of fused-ring (bicyclic) bond motifs is 1. The van der Waals surface area contributed by atoms with Gasteiger partial charge in [0.15, 0.2) is 0 Å². The highest BCUT2D eigenvalue weighted by Gasteiger charge is 2.12. The number of nitrogens with one attached hydrogen (secondary N) is 2. The van der Waals surface area contributed by atoms with Gasteiger partial charge in [-0.15, -0.1) is 0 Å². The SMILES string of the molecule is O=C(Nc1ccc(CN2CCCCC2)cc1)c1cc2cc(OCc3ccccc3)ccc2[nH]1. The maximum absolute atomic E-state index is 12.8. The summed E-state index contributed by atoms with van der Waals surface area (Å²) in [4.78, 5) is 18.5. The topological polar surface area (TPSA) is 57.4 Å². The van der Waals surface area contributed by atoms with Gasteiger partial charge in [-0.1, -0.05) is 48.9 Å². The Balaban J connectivity index is 1.21. The number of aromatic nitrogens is 1. The summed E-state index contributed by atoms with van der Waals surface area (Å²) >= 11 is 0. The Labute approximate surface area is 194 Å². The molecule has 0 atom stereocenters. The number of H-pyrrole nitrogens is 1. The molecule has 1 aliphatic heterocycles. The minimum absolute atomic E-state index is 0.151. The lowest BCUT2D eigenvalue weighted by molar-refractivity contribution is 0.102. The van der Waals surface area contributed by atoms with Gasteiger partial charge in [0.25, 0.3) is 5.91 Å². The van der Waals surface area contributed by atoms with Crippen LogP contribution in [-0.4, -0.2) is 28.9 Å². The van der Waals surface area contributed by atoms with Crippen molar-refractivity contribution in [3.8, 4) is 5.75 Å². The Morgan fingerprint density at radius 2 is 1.67 bits per heavy atom. The van der Waals surface area contributed by atoms with E-state index in [9.17, 15) is 4.79 Å². The molecule has 1 amide bonds. The number of rotatable bonds is 7. The Kier molecular flexibility index (Phi) is 6.40. The number of hydrogen-bond acceptors (Lipinski definition) is 3. The Morgan fingerprint density at radius 3 is 2.45 bits per heavy atom. The highest BCUT2D eigenvalue weighted by atomic mass is 16.5. The van der Waals surface area contributed by atoms with Crippen LogP contribution < -0.4 is 10.1 Å². The molecule has 3 aromatic carbocycles. The second kappa shape index (κ2) is 9.92. The monoisotopic (exact) mass is 439 g/mol. The maximum Gasteiger partial charge on any atom is 0.272 e. The second-order valence-corrected chi connectivity index (χ2v) is 8.69. The molecule has 2 N–H and O–H groups in total. The van der Waals surface area contributed by atoms with E-state index >= 15 is 0 Å². The minimum atomic E-state index is -0.151. The number of aromatic amines is 1. The number of piperidine rings is 1. The van der Waals surface area contributed by atoms with E-state index in [0.717, 1.165) is 34.4 Å². The quantitative estimate of drug-likeness (QED) is 0.372. The molecule has 5 heteroatoms. The number of ether oxygens (including phenoxy) is 1. The first kappa shape index (κ1) is 21.3. The zero-order valence-corrected chi connectivity index (χ0v) is 18.7. The molecular weight excluding hydrogens is 410 g/mol. The highest BCUT2D eigenvalue weighted by molar-refractivity contribution is 6.06. The van der Waals surface area contributed by atoms with Crippen molar-refractivity contribution >= 4 is 22.5 Å². The van der Waals surface area contributed by atoms with Gasteiger partial charge in [-0.2, -0.15) is 0 Å². The van der Waals surface area contributed by atoms with Crippen molar-refractivity contribution in [3.63, 3.8) is 0 Å². The third-order valence-electron chi connectivity index (χ3n) is 6.15. The summed E-state index contributed by atoms with van der Waals surface area (Å²) in [5.41, 5.74) is 4.64. The summed E-state index contributed by atoms with van der Waals surface area (Å²) in [5, 5.41) is 3.94. The molecule has 1 aliphatic rings. The number of carbonyl (C=O) groups excluding carboxylic acids is 1. The first-order chi connectivity index (χ1) is 16.2. The number of hydrogen-bond donors (Lipinski definition) is 2. The van der Waals surface area contributed by atoms with Crippen molar-refractivity contribution in [2.24, 2.45) is 0 Å². The standard InChI is InChI=1S/C28H29N3O2/c32-28(29-24-11-9-21(10-12-24)19-31-15-5-2-6-16-31)27-18-23-17-25(13-14-26(23)30-27)33-20-22-7-3-1-4-8-22/h1,3-4,7-14,17-18,30H,2,5-6,15-16,19-20H2,(H,29,32). The van der Waals surface area contributed by atoms with Crippen LogP contribution in [0.4, 0.5) is 5.69 Å². The fourth-order valence-corrected chi connectivity index (χ4v) is 4.33. The first-order valence-electron chi connectivity index (χ1n) is 11.7. The van der Waals surface area contributed by atoms with Gasteiger partial charge in [0.1, 0.15) is 18.1 Å². The normalized spacial score (nSPS) is 14.3. The molecule has 1 aromatic heterocycles. The van der Waals surface area contributed by atoms with Crippen LogP contribution in [0.25, 0.3) is 10.9 Å². The number of benzene rings is 3. The Morgan fingerprint density at radius 1 is 0.879 bits per heavy atom. The Bertz CT molecular complexity index is 1210. The molecule has 1 fully saturated rings. The van der Waals surface area contributed by atoms with Gasteiger partial charge in [0.2, 0.25) is 0 Å². The predicted octanol–water partition coefficient (Wildman–Crippen LogP) is 5.99. The van der Waals surface area contributed by atoms with Crippen molar-refractivity contribution in [1.29, 1.82) is 0 Å². The van der Waals surface area contributed by atoms with Crippen LogP contribution in [0, 0.1) is 0 Å². The third kappa shape index (κ3) is 5.44. The molecule has 0 saturated carbocycles. The maximum atomic E-state index is 12.8. The van der Waals surface area contributed by atoms with Crippen LogP contribution in [0.5, 0.6) is 5.75 Å². The Hall–Kier alpha value is -3.57. The van der Waals surface area contributed by atoms with Crippen molar-refractivity contribution in [2.45, 2.75) is 32.4 Å². The molecule has 4 aromatic rings. The minimum Gasteiger partial charge on any atom is -0.489 e. The fraction of sp³-hybridized carbons (Fsp3) is 0.250. The van der Waals surface area contributed by atoms with E-state index in [0.29, 0.717) is 12.3 Å². The molecule has 0 unspecified atom stereocenters. The molecule has 168 valence electrons. The van der Waals surface area contributed by atoms with Gasteiger partial charge in [-0.05, 0) is 73.5 Å². The smallest absolute Gasteiger partial charge is 0.272 e. The lowest BCUT2D eigenvalue weighted by atomic mass is 10.1. The number of amides is 1. The first-order valence-corrected chi connectivity index (χ1v) is 11.7. The van der Waals surface area contributed by atoms with Crippen molar-refractivity contribution in [3.05, 3.63) is 95.7 Å². The second-order valence-electron chi connectivity index (χ2n) is 8.69. The summed E-state index contributed by atoms with van der Waals surface area (Å²) in [6, 6.07) is 25.9. The van der Waals surface area contributed by atoms with E-state index in [4.69, 9.17) is 4.74 Å². The predicted molar refractivity (Wildman–Crippen MR) is 133 cm³/mol.